The minimum absolute atomic E-state index is 0.217. The number of rotatable bonds is 2. The fraction of sp³-hybridized carbons (Fsp3) is 0.478. The third-order valence-corrected chi connectivity index (χ3v) is 7.38. The molecule has 2 saturated heterocycles. The van der Waals surface area contributed by atoms with E-state index in [-0.39, 0.29) is 5.41 Å². The third-order valence-electron chi connectivity index (χ3n) is 7.38. The van der Waals surface area contributed by atoms with E-state index in [4.69, 9.17) is 0 Å². The molecule has 0 amide bonds. The number of phenolic OH excluding ortho intramolecular Hbond substituents is 2. The van der Waals surface area contributed by atoms with Crippen LogP contribution in [0.25, 0.3) is 0 Å². The van der Waals surface area contributed by atoms with Crippen molar-refractivity contribution in [2.75, 3.05) is 26.7 Å². The van der Waals surface area contributed by atoms with Gasteiger partial charge in [0.1, 0.15) is 11.5 Å². The van der Waals surface area contributed by atoms with Gasteiger partial charge in [0.2, 0.25) is 0 Å². The molecule has 0 radical (unpaired) electrons. The normalized spacial score (nSPS) is 30.6. The van der Waals surface area contributed by atoms with Crippen LogP contribution >= 0.6 is 0 Å². The van der Waals surface area contributed by atoms with Crippen LogP contribution in [0.5, 0.6) is 11.5 Å². The smallest absolute Gasteiger partial charge is 0.115 e. The van der Waals surface area contributed by atoms with Gasteiger partial charge in [0, 0.05) is 24.5 Å². The summed E-state index contributed by atoms with van der Waals surface area (Å²) in [5, 5.41) is 19.7. The monoisotopic (exact) mass is 364 g/mol. The van der Waals surface area contributed by atoms with E-state index < -0.39 is 0 Å². The molecule has 4 heteroatoms. The van der Waals surface area contributed by atoms with Crippen LogP contribution in [0.2, 0.25) is 0 Å². The van der Waals surface area contributed by atoms with Gasteiger partial charge in [-0.3, -0.25) is 4.90 Å². The Kier molecular flexibility index (Phi) is 3.95. The first-order chi connectivity index (χ1) is 13.0. The van der Waals surface area contributed by atoms with Gasteiger partial charge >= 0.3 is 0 Å². The molecule has 0 aromatic heterocycles. The molecule has 2 N–H and O–H groups in total. The van der Waals surface area contributed by atoms with Gasteiger partial charge in [-0.2, -0.15) is 0 Å². The summed E-state index contributed by atoms with van der Waals surface area (Å²) >= 11 is 0. The number of piperidine rings is 2. The zero-order chi connectivity index (χ0) is 18.6. The number of aromatic hydroxyl groups is 2. The van der Waals surface area contributed by atoms with Crippen molar-refractivity contribution < 1.29 is 10.2 Å². The molecule has 5 rings (SSSR count). The summed E-state index contributed by atoms with van der Waals surface area (Å²) in [5.41, 5.74) is 4.33. The standard InChI is InChI=1S/C23H28N2O2/c1-24-10-8-23-9-11-25(14-16-2-5-18(26)6-3-16)15-21(23)22(24)12-17-4-7-19(27)13-20(17)23/h2-7,13,21-22,26-27H,8-12,14-15H2,1H3/t21-,22+,23+/m0/s1. The quantitative estimate of drug-likeness (QED) is 0.860. The number of nitrogens with zero attached hydrogens (tertiary/aromatic N) is 2. The van der Waals surface area contributed by atoms with Gasteiger partial charge in [-0.05, 0) is 86.3 Å². The van der Waals surface area contributed by atoms with Crippen LogP contribution in [0.15, 0.2) is 42.5 Å². The van der Waals surface area contributed by atoms with E-state index in [1.165, 1.54) is 23.1 Å². The molecule has 0 unspecified atom stereocenters. The Hall–Kier alpha value is -2.04. The van der Waals surface area contributed by atoms with Crippen molar-refractivity contribution in [3.05, 3.63) is 59.2 Å². The van der Waals surface area contributed by atoms with Crippen LogP contribution in [0.4, 0.5) is 0 Å². The summed E-state index contributed by atoms with van der Waals surface area (Å²) in [6, 6.07) is 14.3. The zero-order valence-corrected chi connectivity index (χ0v) is 15.9. The second-order valence-electron chi connectivity index (χ2n) is 8.76. The lowest BCUT2D eigenvalue weighted by molar-refractivity contribution is -0.0297. The Labute approximate surface area is 161 Å². The van der Waals surface area contributed by atoms with Gasteiger partial charge in [-0.1, -0.05) is 18.2 Å². The van der Waals surface area contributed by atoms with Crippen molar-refractivity contribution in [2.24, 2.45) is 5.92 Å². The van der Waals surface area contributed by atoms with Gasteiger partial charge < -0.3 is 15.1 Å². The average molecular weight is 364 g/mol. The average Bonchev–Trinajstić information content (AvgIpc) is 2.67. The van der Waals surface area contributed by atoms with E-state index in [0.717, 1.165) is 39.0 Å². The SMILES string of the molecule is CN1CC[C@]23CCN(Cc4ccc(O)cc4)C[C@H]2[C@H]1Cc1ccc(O)cc13. The number of fused-ring (bicyclic) bond motifs is 1. The molecule has 2 aliphatic heterocycles. The van der Waals surface area contributed by atoms with Crippen LogP contribution in [0.1, 0.15) is 29.5 Å². The number of benzene rings is 2. The maximum atomic E-state index is 10.2. The maximum Gasteiger partial charge on any atom is 0.115 e. The molecule has 2 fully saturated rings. The third kappa shape index (κ3) is 2.74. The predicted molar refractivity (Wildman–Crippen MR) is 106 cm³/mol. The lowest BCUT2D eigenvalue weighted by atomic mass is 9.54. The molecule has 142 valence electrons. The van der Waals surface area contributed by atoms with Crippen LogP contribution < -0.4 is 0 Å². The zero-order valence-electron chi connectivity index (χ0n) is 15.9. The summed E-state index contributed by atoms with van der Waals surface area (Å²) in [7, 11) is 2.28. The Morgan fingerprint density at radius 3 is 2.56 bits per heavy atom. The molecule has 2 bridgehead atoms. The Bertz CT molecular complexity index is 850. The first-order valence-electron chi connectivity index (χ1n) is 10.1. The van der Waals surface area contributed by atoms with Crippen LogP contribution in [-0.2, 0) is 18.4 Å². The minimum atomic E-state index is 0.217. The largest absolute Gasteiger partial charge is 0.508 e. The highest BCUT2D eigenvalue weighted by atomic mass is 16.3. The molecular formula is C23H28N2O2. The Balaban J connectivity index is 1.46. The van der Waals surface area contributed by atoms with E-state index in [1.807, 2.05) is 18.2 Å². The molecule has 2 aromatic rings. The van der Waals surface area contributed by atoms with Crippen LogP contribution in [0, 0.1) is 5.92 Å². The topological polar surface area (TPSA) is 46.9 Å². The van der Waals surface area contributed by atoms with E-state index in [1.54, 1.807) is 12.1 Å². The molecule has 27 heavy (non-hydrogen) atoms. The number of hydrogen-bond acceptors (Lipinski definition) is 4. The van der Waals surface area contributed by atoms with Gasteiger partial charge in [-0.15, -0.1) is 0 Å². The fourth-order valence-electron chi connectivity index (χ4n) is 5.94. The van der Waals surface area contributed by atoms with E-state index in [9.17, 15) is 10.2 Å². The van der Waals surface area contributed by atoms with Crippen molar-refractivity contribution in [1.82, 2.24) is 9.80 Å². The van der Waals surface area contributed by atoms with Crippen molar-refractivity contribution in [3.8, 4) is 11.5 Å². The fourth-order valence-corrected chi connectivity index (χ4v) is 5.94. The minimum Gasteiger partial charge on any atom is -0.508 e. The van der Waals surface area contributed by atoms with Crippen molar-refractivity contribution in [1.29, 1.82) is 0 Å². The van der Waals surface area contributed by atoms with Gasteiger partial charge in [0.05, 0.1) is 0 Å². The maximum absolute atomic E-state index is 10.2. The van der Waals surface area contributed by atoms with E-state index >= 15 is 0 Å². The van der Waals surface area contributed by atoms with Crippen LogP contribution in [-0.4, -0.2) is 52.7 Å². The lowest BCUT2D eigenvalue weighted by Crippen LogP contribution is -2.64. The van der Waals surface area contributed by atoms with E-state index in [0.29, 0.717) is 23.5 Å². The molecule has 2 heterocycles. The Morgan fingerprint density at radius 2 is 1.74 bits per heavy atom. The molecule has 4 nitrogen and oxygen atoms in total. The summed E-state index contributed by atoms with van der Waals surface area (Å²) in [5.74, 6) is 1.35. The predicted octanol–water partition coefficient (Wildman–Crippen LogP) is 3.12. The molecule has 3 atom stereocenters. The second-order valence-corrected chi connectivity index (χ2v) is 8.76. The molecule has 0 spiro atoms. The van der Waals surface area contributed by atoms with Crippen molar-refractivity contribution in [3.63, 3.8) is 0 Å². The summed E-state index contributed by atoms with van der Waals surface area (Å²) in [4.78, 5) is 5.14. The van der Waals surface area contributed by atoms with Crippen LogP contribution in [0.3, 0.4) is 0 Å². The Morgan fingerprint density at radius 1 is 1.00 bits per heavy atom. The molecule has 1 aliphatic carbocycles. The molecule has 2 aromatic carbocycles. The second kappa shape index (κ2) is 6.25. The summed E-state index contributed by atoms with van der Waals surface area (Å²) < 4.78 is 0. The van der Waals surface area contributed by atoms with Gasteiger partial charge in [-0.25, -0.2) is 0 Å². The number of likely N-dealkylation sites (tertiary alicyclic amines) is 2. The first-order valence-corrected chi connectivity index (χ1v) is 10.1. The highest BCUT2D eigenvalue weighted by molar-refractivity contribution is 5.45. The van der Waals surface area contributed by atoms with Gasteiger partial charge in [0.25, 0.3) is 0 Å². The first kappa shape index (κ1) is 17.1. The number of phenols is 2. The summed E-state index contributed by atoms with van der Waals surface area (Å²) in [6.07, 6.45) is 3.44. The molecule has 3 aliphatic rings. The highest BCUT2D eigenvalue weighted by Gasteiger charge is 2.54. The van der Waals surface area contributed by atoms with E-state index in [2.05, 4.69) is 29.0 Å². The number of likely N-dealkylation sites (N-methyl/N-ethyl adjacent to an activating group) is 1. The summed E-state index contributed by atoms with van der Waals surface area (Å²) in [6.45, 7) is 4.28. The molecular weight excluding hydrogens is 336 g/mol. The highest BCUT2D eigenvalue weighted by Crippen LogP contribution is 2.53. The number of hydrogen-bond donors (Lipinski definition) is 2. The van der Waals surface area contributed by atoms with Gasteiger partial charge in [0.15, 0.2) is 0 Å². The van der Waals surface area contributed by atoms with Crippen molar-refractivity contribution >= 4 is 0 Å². The molecule has 0 saturated carbocycles. The lowest BCUT2D eigenvalue weighted by Gasteiger charge is -2.60. The van der Waals surface area contributed by atoms with Crippen molar-refractivity contribution in [2.45, 2.75) is 37.3 Å².